The maximum atomic E-state index is 9.38. The van der Waals surface area contributed by atoms with Crippen molar-refractivity contribution in [3.63, 3.8) is 0 Å². The maximum absolute atomic E-state index is 9.38. The van der Waals surface area contributed by atoms with Gasteiger partial charge in [0.05, 0.1) is 0 Å². The van der Waals surface area contributed by atoms with E-state index in [1.54, 1.807) is 0 Å². The Hall–Kier alpha value is -1.00. The van der Waals surface area contributed by atoms with Gasteiger partial charge in [0.2, 0.25) is 0 Å². The van der Waals surface area contributed by atoms with Gasteiger partial charge in [0.1, 0.15) is 6.29 Å². The summed E-state index contributed by atoms with van der Waals surface area (Å²) < 4.78 is 0. The fourth-order valence-electron chi connectivity index (χ4n) is 2.21. The van der Waals surface area contributed by atoms with Crippen LogP contribution in [0.4, 0.5) is 5.69 Å². The van der Waals surface area contributed by atoms with Gasteiger partial charge >= 0.3 is 0 Å². The Bertz CT molecular complexity index is 415. The Morgan fingerprint density at radius 3 is 2.38 bits per heavy atom. The molecule has 0 spiro atoms. The predicted octanol–water partition coefficient (Wildman–Crippen LogP) is 3.11. The quantitative estimate of drug-likeness (QED) is 0.798. The van der Waals surface area contributed by atoms with Crippen LogP contribution in [-0.4, -0.2) is 56.4 Å². The molecule has 1 aromatic rings. The lowest BCUT2D eigenvalue weighted by atomic mass is 10.0. The highest BCUT2D eigenvalue weighted by Gasteiger charge is 2.14. The Morgan fingerprint density at radius 2 is 1.90 bits per heavy atom. The largest absolute Gasteiger partial charge is 0.369 e. The molecule has 0 unspecified atom stereocenters. The molecule has 21 heavy (non-hydrogen) atoms. The van der Waals surface area contributed by atoms with Crippen LogP contribution < -0.4 is 4.90 Å². The van der Waals surface area contributed by atoms with Crippen LogP contribution in [0.1, 0.15) is 25.3 Å². The van der Waals surface area contributed by atoms with E-state index in [-0.39, 0.29) is 0 Å². The molecule has 4 heteroatoms. The molecule has 0 N–H and O–H groups in total. The highest BCUT2D eigenvalue weighted by Crippen LogP contribution is 2.22. The summed E-state index contributed by atoms with van der Waals surface area (Å²) >= 11 is 1.53. The van der Waals surface area contributed by atoms with Crippen LogP contribution in [0.2, 0.25) is 0 Å². The van der Waals surface area contributed by atoms with Crippen molar-refractivity contribution in [2.45, 2.75) is 19.8 Å². The molecule has 1 aliphatic rings. The monoisotopic (exact) mass is 308 g/mol. The van der Waals surface area contributed by atoms with Crippen LogP contribution in [0.25, 0.3) is 0 Å². The number of carbonyl (C=O) groups is 1. The van der Waals surface area contributed by atoms with E-state index in [0.29, 0.717) is 11.7 Å². The Kier molecular flexibility index (Phi) is 8.47. The minimum absolute atomic E-state index is 0.618. The normalized spacial score (nSPS) is 15.6. The van der Waals surface area contributed by atoms with Crippen LogP contribution in [0.15, 0.2) is 24.3 Å². The second kappa shape index (κ2) is 9.85. The lowest BCUT2D eigenvalue weighted by molar-refractivity contribution is -0.105. The fraction of sp³-hybridized carbons (Fsp3) is 0.588. The van der Waals surface area contributed by atoms with Crippen LogP contribution in [-0.2, 0) is 4.79 Å². The minimum atomic E-state index is 0.618. The average molecular weight is 308 g/mol. The fourth-order valence-corrected chi connectivity index (χ4v) is 2.35. The van der Waals surface area contributed by atoms with E-state index in [4.69, 9.17) is 0 Å². The number of aldehydes is 1. The summed E-state index contributed by atoms with van der Waals surface area (Å²) in [6.45, 7) is 9.15. The number of hydrogen-bond donors (Lipinski definition) is 0. The van der Waals surface area contributed by atoms with Gasteiger partial charge in [0, 0.05) is 37.6 Å². The van der Waals surface area contributed by atoms with Gasteiger partial charge in [-0.05, 0) is 36.9 Å². The molecule has 0 aliphatic carbocycles. The molecule has 118 valence electrons. The second-order valence-corrected chi connectivity index (χ2v) is 6.57. The third kappa shape index (κ3) is 6.53. The number of thioether (sulfide) groups is 1. The van der Waals surface area contributed by atoms with Gasteiger partial charge in [-0.3, -0.25) is 0 Å². The number of likely N-dealkylation sites (N-methyl/N-ethyl adjacent to an activating group) is 1. The predicted molar refractivity (Wildman–Crippen MR) is 94.7 cm³/mol. The molecule has 0 atom stereocenters. The van der Waals surface area contributed by atoms with Crippen molar-refractivity contribution in [3.8, 4) is 0 Å². The molecule has 2 rings (SSSR count). The minimum Gasteiger partial charge on any atom is -0.369 e. The highest BCUT2D eigenvalue weighted by molar-refractivity contribution is 7.99. The van der Waals surface area contributed by atoms with Crippen LogP contribution in [0.3, 0.4) is 0 Å². The van der Waals surface area contributed by atoms with Gasteiger partial charge in [-0.25, -0.2) is 0 Å². The number of piperazine rings is 1. The van der Waals surface area contributed by atoms with Crippen molar-refractivity contribution in [2.24, 2.45) is 0 Å². The topological polar surface area (TPSA) is 23.6 Å². The van der Waals surface area contributed by atoms with Crippen molar-refractivity contribution < 1.29 is 4.79 Å². The van der Waals surface area contributed by atoms with Crippen molar-refractivity contribution in [1.29, 1.82) is 0 Å². The zero-order valence-corrected chi connectivity index (χ0v) is 14.5. The average Bonchev–Trinajstić information content (AvgIpc) is 2.49. The number of nitrogens with zero attached hydrogens (tertiary/aromatic N) is 2. The summed E-state index contributed by atoms with van der Waals surface area (Å²) in [5, 5.41) is 0. The van der Waals surface area contributed by atoms with Crippen molar-refractivity contribution in [1.82, 2.24) is 4.90 Å². The third-order valence-electron chi connectivity index (χ3n) is 3.64. The first-order valence-corrected chi connectivity index (χ1v) is 8.94. The number of hydrogen-bond acceptors (Lipinski definition) is 4. The lowest BCUT2D eigenvalue weighted by Gasteiger charge is -2.34. The Labute approximate surface area is 133 Å². The van der Waals surface area contributed by atoms with E-state index in [9.17, 15) is 4.79 Å². The standard InChI is InChI=1S/C14H22N2.C3H6OS/c1-12(2)13-5-4-6-14(11-13)16-9-7-15(3)8-10-16;1-5-3-2-4/h4-6,11-12H,7-10H2,1-3H3;2H,3H2,1H3. The maximum Gasteiger partial charge on any atom is 0.129 e. The first-order valence-electron chi connectivity index (χ1n) is 7.54. The third-order valence-corrected chi connectivity index (χ3v) is 4.11. The molecule has 1 aromatic carbocycles. The number of rotatable bonds is 4. The zero-order chi connectivity index (χ0) is 15.7. The number of carbonyl (C=O) groups excluding carboxylic acids is 1. The SMILES string of the molecule is CC(C)c1cccc(N2CCN(C)CC2)c1.CSCC=O. The van der Waals surface area contributed by atoms with Crippen molar-refractivity contribution >= 4 is 23.7 Å². The molecular formula is C17H28N2OS. The molecule has 1 heterocycles. The van der Waals surface area contributed by atoms with Crippen LogP contribution in [0, 0.1) is 0 Å². The Balaban J connectivity index is 0.000000383. The molecule has 3 nitrogen and oxygen atoms in total. The van der Waals surface area contributed by atoms with Gasteiger partial charge in [-0.2, -0.15) is 11.8 Å². The van der Waals surface area contributed by atoms with Crippen molar-refractivity contribution in [3.05, 3.63) is 29.8 Å². The van der Waals surface area contributed by atoms with Gasteiger partial charge in [-0.1, -0.05) is 26.0 Å². The van der Waals surface area contributed by atoms with E-state index in [1.807, 2.05) is 6.26 Å². The molecule has 1 saturated heterocycles. The van der Waals surface area contributed by atoms with Gasteiger partial charge < -0.3 is 14.6 Å². The zero-order valence-electron chi connectivity index (χ0n) is 13.7. The molecule has 0 amide bonds. The van der Waals surface area contributed by atoms with E-state index in [1.165, 1.54) is 36.1 Å². The summed E-state index contributed by atoms with van der Waals surface area (Å²) in [5.41, 5.74) is 2.83. The summed E-state index contributed by atoms with van der Waals surface area (Å²) in [5.74, 6) is 1.24. The second-order valence-electron chi connectivity index (χ2n) is 5.66. The smallest absolute Gasteiger partial charge is 0.129 e. The first kappa shape index (κ1) is 18.1. The summed E-state index contributed by atoms with van der Waals surface area (Å²) in [6.07, 6.45) is 2.79. The summed E-state index contributed by atoms with van der Waals surface area (Å²) in [4.78, 5) is 14.3. The van der Waals surface area contributed by atoms with E-state index >= 15 is 0 Å². The van der Waals surface area contributed by atoms with E-state index in [0.717, 1.165) is 19.4 Å². The molecule has 1 fully saturated rings. The van der Waals surface area contributed by atoms with E-state index < -0.39 is 0 Å². The molecule has 0 bridgehead atoms. The lowest BCUT2D eigenvalue weighted by Crippen LogP contribution is -2.44. The summed E-state index contributed by atoms with van der Waals surface area (Å²) in [6, 6.07) is 8.99. The first-order chi connectivity index (χ1) is 10.1. The highest BCUT2D eigenvalue weighted by atomic mass is 32.2. The van der Waals surface area contributed by atoms with Gasteiger partial charge in [-0.15, -0.1) is 0 Å². The van der Waals surface area contributed by atoms with Crippen molar-refractivity contribution in [2.75, 3.05) is 50.1 Å². The number of benzene rings is 1. The molecule has 0 aromatic heterocycles. The van der Waals surface area contributed by atoms with Gasteiger partial charge in [0.15, 0.2) is 0 Å². The molecule has 1 aliphatic heterocycles. The van der Waals surface area contributed by atoms with Crippen LogP contribution >= 0.6 is 11.8 Å². The number of anilines is 1. The molecule has 0 saturated carbocycles. The van der Waals surface area contributed by atoms with Crippen LogP contribution in [0.5, 0.6) is 0 Å². The Morgan fingerprint density at radius 1 is 1.24 bits per heavy atom. The molecular weight excluding hydrogens is 280 g/mol. The van der Waals surface area contributed by atoms with Gasteiger partial charge in [0.25, 0.3) is 0 Å². The molecule has 0 radical (unpaired) electrons. The summed E-state index contributed by atoms with van der Waals surface area (Å²) in [7, 11) is 2.20. The van der Waals surface area contributed by atoms with E-state index in [2.05, 4.69) is 55.0 Å².